The minimum Gasteiger partial charge on any atom is -0.403 e. The van der Waals surface area contributed by atoms with Crippen molar-refractivity contribution in [2.45, 2.75) is 44.6 Å². The first kappa shape index (κ1) is 29.6. The van der Waals surface area contributed by atoms with Crippen molar-refractivity contribution in [1.82, 2.24) is 14.3 Å². The molecule has 18 heteroatoms. The summed E-state index contributed by atoms with van der Waals surface area (Å²) in [5, 5.41) is 25.7. The molecule has 0 spiro atoms. The summed E-state index contributed by atoms with van der Waals surface area (Å²) in [6.07, 6.45) is -5.31. The number of phosphoric acid groups is 2. The number of hydrogen-bond donors (Lipinski definition) is 3. The van der Waals surface area contributed by atoms with Crippen LogP contribution >= 0.6 is 15.6 Å². The van der Waals surface area contributed by atoms with Gasteiger partial charge in [0.15, 0.2) is 11.8 Å². The lowest BCUT2D eigenvalue weighted by atomic mass is 10.1. The first-order valence-corrected chi connectivity index (χ1v) is 15.8. The molecule has 0 bridgehead atoms. The number of nitrogens with zero attached hydrogens (tertiary/aromatic N) is 3. The first-order chi connectivity index (χ1) is 20.4. The minimum atomic E-state index is -5.14. The molecule has 0 aliphatic carbocycles. The Kier molecular flexibility index (Phi) is 7.75. The maximum Gasteiger partial charge on any atom is 0.539 e. The Morgan fingerprint density at radius 2 is 1.91 bits per heavy atom. The number of ether oxygens (including phenoxy) is 1. The summed E-state index contributed by atoms with van der Waals surface area (Å²) in [6, 6.07) is 13.0. The van der Waals surface area contributed by atoms with Crippen molar-refractivity contribution in [3.8, 4) is 5.75 Å². The fourth-order valence-corrected chi connectivity index (χ4v) is 7.46. The molecule has 1 fully saturated rings. The highest BCUT2D eigenvalue weighted by molar-refractivity contribution is 7.62. The van der Waals surface area contributed by atoms with E-state index in [0.717, 1.165) is 21.4 Å². The van der Waals surface area contributed by atoms with Crippen LogP contribution in [-0.4, -0.2) is 54.3 Å². The fraction of sp³-hybridized carbons (Fsp3) is 0.320. The lowest BCUT2D eigenvalue weighted by Gasteiger charge is -2.27. The molecule has 16 nitrogen and oxygen atoms in total. The van der Waals surface area contributed by atoms with Crippen molar-refractivity contribution in [2.75, 3.05) is 6.61 Å². The van der Waals surface area contributed by atoms with E-state index in [1.807, 2.05) is 0 Å². The zero-order valence-electron chi connectivity index (χ0n) is 22.3. The molecule has 2 aromatic carbocycles. The van der Waals surface area contributed by atoms with Gasteiger partial charge in [0, 0.05) is 23.2 Å². The summed E-state index contributed by atoms with van der Waals surface area (Å²) in [5.41, 5.74) is 0.361. The second kappa shape index (κ2) is 11.2. The SMILES string of the molecule is Cc1cccc2c1OP(=O)(OP(=O)(O)OC[C@H]1O[C@@H](n3ccc(=O)n(Cc4noc5ccccc45)c3=O)[C@H](O)[C@@H]1O)OC2. The number of benzene rings is 2. The monoisotopic (exact) mass is 637 g/mol. The Morgan fingerprint density at radius 3 is 2.72 bits per heavy atom. The molecule has 1 saturated heterocycles. The van der Waals surface area contributed by atoms with E-state index in [9.17, 15) is 33.8 Å². The number of para-hydroxylation sites is 2. The van der Waals surface area contributed by atoms with Gasteiger partial charge in [-0.15, -0.1) is 0 Å². The van der Waals surface area contributed by atoms with Crippen LogP contribution in [0.1, 0.15) is 23.0 Å². The number of fused-ring (bicyclic) bond motifs is 2. The number of aryl methyl sites for hydroxylation is 1. The third kappa shape index (κ3) is 5.77. The molecular formula is C25H25N3O13P2. The van der Waals surface area contributed by atoms with Gasteiger partial charge < -0.3 is 28.9 Å². The van der Waals surface area contributed by atoms with E-state index < -0.39 is 58.0 Å². The Labute approximate surface area is 241 Å². The molecule has 43 heavy (non-hydrogen) atoms. The summed E-state index contributed by atoms with van der Waals surface area (Å²) < 4.78 is 58.1. The highest BCUT2D eigenvalue weighted by atomic mass is 31.3. The maximum atomic E-state index is 13.3. The molecule has 2 aliphatic heterocycles. The van der Waals surface area contributed by atoms with Crippen molar-refractivity contribution < 1.29 is 51.4 Å². The van der Waals surface area contributed by atoms with Crippen molar-refractivity contribution in [3.63, 3.8) is 0 Å². The minimum absolute atomic E-state index is 0.182. The highest BCUT2D eigenvalue weighted by Gasteiger charge is 2.47. The predicted octanol–water partition coefficient (Wildman–Crippen LogP) is 1.98. The van der Waals surface area contributed by atoms with Gasteiger partial charge in [-0.3, -0.25) is 23.0 Å². The number of aliphatic hydroxyl groups is 2. The van der Waals surface area contributed by atoms with Gasteiger partial charge in [0.2, 0.25) is 0 Å². The molecule has 0 radical (unpaired) electrons. The topological polar surface area (TPSA) is 211 Å². The standard InChI is InChI=1S/C25H25N3O13P2/c1-14-5-4-6-15-12-37-43(35,40-23(14)15)41-42(33,34)36-13-19-21(30)22(31)24(38-19)27-10-9-20(29)28(25(27)32)11-17-16-7-2-3-8-18(16)39-26-17/h2-10,19,21-22,24,30-31H,11-13H2,1H3,(H,33,34)/t19-,21-,22-,24-,43?/m1/s1. The maximum absolute atomic E-state index is 13.3. The highest BCUT2D eigenvalue weighted by Crippen LogP contribution is 2.65. The van der Waals surface area contributed by atoms with Gasteiger partial charge in [-0.25, -0.2) is 13.9 Å². The van der Waals surface area contributed by atoms with Crippen LogP contribution in [0.2, 0.25) is 0 Å². The summed E-state index contributed by atoms with van der Waals surface area (Å²) in [5.74, 6) is 0.182. The molecule has 3 N–H and O–H groups in total. The summed E-state index contributed by atoms with van der Waals surface area (Å²) in [6.45, 7) is 0.373. The van der Waals surface area contributed by atoms with Gasteiger partial charge in [-0.05, 0) is 24.6 Å². The molecule has 4 aromatic rings. The van der Waals surface area contributed by atoms with Crippen molar-refractivity contribution in [1.29, 1.82) is 0 Å². The van der Waals surface area contributed by atoms with Crippen LogP contribution < -0.4 is 15.8 Å². The van der Waals surface area contributed by atoms with Crippen molar-refractivity contribution in [3.05, 3.63) is 92.4 Å². The lowest BCUT2D eigenvalue weighted by molar-refractivity contribution is -0.0548. The Balaban J connectivity index is 1.15. The lowest BCUT2D eigenvalue weighted by Crippen LogP contribution is -2.43. The molecule has 228 valence electrons. The molecule has 6 atom stereocenters. The van der Waals surface area contributed by atoms with E-state index in [1.54, 1.807) is 49.4 Å². The first-order valence-electron chi connectivity index (χ1n) is 12.8. The number of phosphoric ester groups is 2. The summed E-state index contributed by atoms with van der Waals surface area (Å²) in [7, 11) is -9.72. The molecule has 2 aliphatic rings. The number of hydrogen-bond acceptors (Lipinski definition) is 13. The second-order valence-electron chi connectivity index (χ2n) is 9.82. The van der Waals surface area contributed by atoms with E-state index in [2.05, 4.69) is 5.16 Å². The molecule has 6 rings (SSSR count). The molecule has 4 heterocycles. The van der Waals surface area contributed by atoms with E-state index >= 15 is 0 Å². The second-order valence-corrected chi connectivity index (χ2v) is 13.0. The Hall–Kier alpha value is -3.43. The third-order valence-electron chi connectivity index (χ3n) is 6.95. The molecule has 2 unspecified atom stereocenters. The number of aromatic nitrogens is 3. The Morgan fingerprint density at radius 1 is 1.12 bits per heavy atom. The van der Waals surface area contributed by atoms with Crippen LogP contribution in [0.25, 0.3) is 11.0 Å². The number of rotatable bonds is 8. The van der Waals surface area contributed by atoms with Crippen LogP contribution in [0.3, 0.4) is 0 Å². The van der Waals surface area contributed by atoms with Gasteiger partial charge in [0.25, 0.3) is 5.56 Å². The van der Waals surface area contributed by atoms with Gasteiger partial charge in [0.1, 0.15) is 29.8 Å². The van der Waals surface area contributed by atoms with Crippen LogP contribution in [-0.2, 0) is 40.4 Å². The quantitative estimate of drug-likeness (QED) is 0.236. The normalized spacial score (nSPS) is 26.6. The van der Waals surface area contributed by atoms with Gasteiger partial charge >= 0.3 is 21.3 Å². The van der Waals surface area contributed by atoms with E-state index in [4.69, 9.17) is 27.1 Å². The van der Waals surface area contributed by atoms with E-state index in [-0.39, 0.29) is 18.9 Å². The van der Waals surface area contributed by atoms with Gasteiger partial charge in [-0.2, -0.15) is 4.31 Å². The molecule has 0 saturated carbocycles. The predicted molar refractivity (Wildman–Crippen MR) is 145 cm³/mol. The van der Waals surface area contributed by atoms with Gasteiger partial charge in [-0.1, -0.05) is 35.5 Å². The average molecular weight is 637 g/mol. The molecule has 0 amide bonds. The van der Waals surface area contributed by atoms with Crippen LogP contribution in [0.15, 0.2) is 68.8 Å². The average Bonchev–Trinajstić information content (AvgIpc) is 3.50. The largest absolute Gasteiger partial charge is 0.539 e. The summed E-state index contributed by atoms with van der Waals surface area (Å²) in [4.78, 5) is 36.1. The smallest absolute Gasteiger partial charge is 0.403 e. The van der Waals surface area contributed by atoms with Crippen LogP contribution in [0.5, 0.6) is 5.75 Å². The van der Waals surface area contributed by atoms with Crippen LogP contribution in [0.4, 0.5) is 0 Å². The van der Waals surface area contributed by atoms with Crippen LogP contribution in [0, 0.1) is 6.92 Å². The van der Waals surface area contributed by atoms with E-state index in [1.165, 1.54) is 0 Å². The zero-order valence-corrected chi connectivity index (χ0v) is 24.1. The molecular weight excluding hydrogens is 612 g/mol. The Bertz CT molecular complexity index is 1900. The van der Waals surface area contributed by atoms with Gasteiger partial charge in [0.05, 0.1) is 19.8 Å². The fourth-order valence-electron chi connectivity index (χ4n) is 4.77. The zero-order chi connectivity index (χ0) is 30.5. The summed E-state index contributed by atoms with van der Waals surface area (Å²) >= 11 is 0. The van der Waals surface area contributed by atoms with Crippen molar-refractivity contribution >= 4 is 26.6 Å². The molecule has 2 aromatic heterocycles. The number of aliphatic hydroxyl groups excluding tert-OH is 2. The van der Waals surface area contributed by atoms with E-state index in [0.29, 0.717) is 27.8 Å². The third-order valence-corrected chi connectivity index (χ3v) is 9.90. The van der Waals surface area contributed by atoms with Crippen molar-refractivity contribution in [2.24, 2.45) is 0 Å².